The first kappa shape index (κ1) is 11.6. The van der Waals surface area contributed by atoms with Gasteiger partial charge in [0.1, 0.15) is 5.82 Å². The summed E-state index contributed by atoms with van der Waals surface area (Å²) in [6, 6.07) is 5.86. The van der Waals surface area contributed by atoms with Crippen molar-refractivity contribution in [3.05, 3.63) is 44.7 Å². The summed E-state index contributed by atoms with van der Waals surface area (Å²) in [6.07, 6.45) is 2.40. The van der Waals surface area contributed by atoms with Crippen molar-refractivity contribution in [1.82, 2.24) is 4.98 Å². The molecule has 16 heavy (non-hydrogen) atoms. The first-order chi connectivity index (χ1) is 7.66. The molecule has 0 aliphatic heterocycles. The number of hydrogen-bond acceptors (Lipinski definition) is 4. The van der Waals surface area contributed by atoms with Crippen LogP contribution in [0.1, 0.15) is 16.5 Å². The largest absolute Gasteiger partial charge is 0.383 e. The van der Waals surface area contributed by atoms with Crippen LogP contribution < -0.4 is 11.5 Å². The Morgan fingerprint density at radius 1 is 1.50 bits per heavy atom. The van der Waals surface area contributed by atoms with E-state index in [4.69, 9.17) is 11.5 Å². The molecule has 0 aromatic carbocycles. The minimum atomic E-state index is -0.0252. The van der Waals surface area contributed by atoms with Crippen LogP contribution in [-0.4, -0.2) is 4.98 Å². The lowest BCUT2D eigenvalue weighted by Crippen LogP contribution is -2.13. The Bertz CT molecular complexity index is 484. The average Bonchev–Trinajstić information content (AvgIpc) is 2.68. The molecule has 0 aliphatic rings. The van der Waals surface area contributed by atoms with E-state index in [0.29, 0.717) is 12.2 Å². The van der Waals surface area contributed by atoms with Crippen LogP contribution in [0.4, 0.5) is 5.82 Å². The van der Waals surface area contributed by atoms with E-state index in [1.54, 1.807) is 17.5 Å². The summed E-state index contributed by atoms with van der Waals surface area (Å²) >= 11 is 5.07. The van der Waals surface area contributed by atoms with Crippen LogP contribution in [0.2, 0.25) is 0 Å². The number of thiophene rings is 1. The molecule has 1 atom stereocenters. The smallest absolute Gasteiger partial charge is 0.126 e. The summed E-state index contributed by atoms with van der Waals surface area (Å²) in [5.74, 6) is 0.563. The fourth-order valence-electron chi connectivity index (χ4n) is 1.48. The second-order valence-corrected chi connectivity index (χ2v) is 5.38. The third kappa shape index (κ3) is 2.61. The summed E-state index contributed by atoms with van der Waals surface area (Å²) in [4.78, 5) is 5.20. The summed E-state index contributed by atoms with van der Waals surface area (Å²) in [7, 11) is 0. The maximum absolute atomic E-state index is 6.12. The third-order valence-electron chi connectivity index (χ3n) is 2.32. The predicted molar refractivity (Wildman–Crippen MR) is 71.3 cm³/mol. The lowest BCUT2D eigenvalue weighted by Gasteiger charge is -2.10. The average molecular weight is 298 g/mol. The van der Waals surface area contributed by atoms with E-state index in [1.165, 1.54) is 0 Å². The van der Waals surface area contributed by atoms with E-state index >= 15 is 0 Å². The Balaban J connectivity index is 2.13. The summed E-state index contributed by atoms with van der Waals surface area (Å²) in [6.45, 7) is 0. The molecule has 4 N–H and O–H groups in total. The maximum Gasteiger partial charge on any atom is 0.126 e. The topological polar surface area (TPSA) is 64.9 Å². The Morgan fingerprint density at radius 2 is 2.31 bits per heavy atom. The molecule has 2 heterocycles. The van der Waals surface area contributed by atoms with Crippen LogP contribution in [0.15, 0.2) is 34.2 Å². The van der Waals surface area contributed by atoms with Gasteiger partial charge in [-0.25, -0.2) is 4.98 Å². The first-order valence-corrected chi connectivity index (χ1v) is 6.53. The van der Waals surface area contributed by atoms with Crippen molar-refractivity contribution in [2.45, 2.75) is 12.5 Å². The van der Waals surface area contributed by atoms with Gasteiger partial charge in [-0.05, 0) is 40.0 Å². The molecule has 0 amide bonds. The van der Waals surface area contributed by atoms with Gasteiger partial charge < -0.3 is 11.5 Å². The van der Waals surface area contributed by atoms with Gasteiger partial charge in [0, 0.05) is 27.0 Å². The molecule has 2 rings (SSSR count). The third-order valence-corrected chi connectivity index (χ3v) is 4.14. The minimum Gasteiger partial charge on any atom is -0.383 e. The van der Waals surface area contributed by atoms with Crippen LogP contribution >= 0.6 is 27.3 Å². The van der Waals surface area contributed by atoms with E-state index in [1.807, 2.05) is 23.6 Å². The molecule has 0 bridgehead atoms. The highest BCUT2D eigenvalue weighted by molar-refractivity contribution is 9.10. The van der Waals surface area contributed by atoms with Crippen molar-refractivity contribution in [2.75, 3.05) is 5.73 Å². The normalized spacial score (nSPS) is 12.6. The molecule has 0 fully saturated rings. The first-order valence-electron chi connectivity index (χ1n) is 4.85. The van der Waals surface area contributed by atoms with Gasteiger partial charge in [-0.15, -0.1) is 11.3 Å². The van der Waals surface area contributed by atoms with Gasteiger partial charge in [0.25, 0.3) is 0 Å². The Hall–Kier alpha value is -0.910. The molecule has 0 aliphatic carbocycles. The summed E-state index contributed by atoms with van der Waals surface area (Å²) in [5.41, 5.74) is 12.9. The van der Waals surface area contributed by atoms with E-state index in [-0.39, 0.29) is 6.04 Å². The number of nitrogens with zero attached hydrogens (tertiary/aromatic N) is 1. The lowest BCUT2D eigenvalue weighted by molar-refractivity contribution is 0.735. The van der Waals surface area contributed by atoms with Crippen molar-refractivity contribution in [3.8, 4) is 0 Å². The van der Waals surface area contributed by atoms with Gasteiger partial charge in [0.2, 0.25) is 0 Å². The quantitative estimate of drug-likeness (QED) is 0.915. The van der Waals surface area contributed by atoms with E-state index < -0.39 is 0 Å². The second kappa shape index (κ2) is 4.95. The Morgan fingerprint density at radius 3 is 2.94 bits per heavy atom. The Labute approximate surface area is 107 Å². The SMILES string of the molecule is Nc1ncccc1CC(N)c1cc(Br)cs1. The number of hydrogen-bond donors (Lipinski definition) is 2. The molecule has 84 valence electrons. The van der Waals surface area contributed by atoms with Gasteiger partial charge >= 0.3 is 0 Å². The van der Waals surface area contributed by atoms with Crippen LogP contribution in [0.25, 0.3) is 0 Å². The van der Waals surface area contributed by atoms with E-state index in [2.05, 4.69) is 20.9 Å². The molecule has 0 radical (unpaired) electrons. The van der Waals surface area contributed by atoms with Crippen LogP contribution in [0, 0.1) is 0 Å². The van der Waals surface area contributed by atoms with Gasteiger partial charge in [-0.2, -0.15) is 0 Å². The molecule has 0 saturated heterocycles. The number of halogens is 1. The van der Waals surface area contributed by atoms with Crippen LogP contribution in [0.3, 0.4) is 0 Å². The number of aromatic nitrogens is 1. The van der Waals surface area contributed by atoms with Gasteiger partial charge in [-0.3, -0.25) is 0 Å². The van der Waals surface area contributed by atoms with Gasteiger partial charge in [-0.1, -0.05) is 6.07 Å². The van der Waals surface area contributed by atoms with E-state index in [9.17, 15) is 0 Å². The zero-order valence-corrected chi connectivity index (χ0v) is 11.0. The fraction of sp³-hybridized carbons (Fsp3) is 0.182. The number of pyridine rings is 1. The number of nitrogen functional groups attached to an aromatic ring is 1. The molecule has 0 spiro atoms. The molecule has 5 heteroatoms. The van der Waals surface area contributed by atoms with Crippen molar-refractivity contribution < 1.29 is 0 Å². The van der Waals surface area contributed by atoms with Gasteiger partial charge in [0.15, 0.2) is 0 Å². The lowest BCUT2D eigenvalue weighted by atomic mass is 10.1. The summed E-state index contributed by atoms with van der Waals surface area (Å²) < 4.78 is 1.07. The predicted octanol–water partition coefficient (Wildman–Crippen LogP) is 2.73. The van der Waals surface area contributed by atoms with E-state index in [0.717, 1.165) is 14.9 Å². The minimum absolute atomic E-state index is 0.0252. The molecule has 1 unspecified atom stereocenters. The zero-order chi connectivity index (χ0) is 11.5. The zero-order valence-electron chi connectivity index (χ0n) is 8.56. The van der Waals surface area contributed by atoms with Gasteiger partial charge in [0.05, 0.1) is 0 Å². The van der Waals surface area contributed by atoms with Crippen molar-refractivity contribution >= 4 is 33.1 Å². The monoisotopic (exact) mass is 297 g/mol. The highest BCUT2D eigenvalue weighted by atomic mass is 79.9. The second-order valence-electron chi connectivity index (χ2n) is 3.53. The maximum atomic E-state index is 6.12. The molecule has 0 saturated carbocycles. The van der Waals surface area contributed by atoms with Crippen LogP contribution in [0.5, 0.6) is 0 Å². The van der Waals surface area contributed by atoms with Crippen LogP contribution in [-0.2, 0) is 6.42 Å². The molecular formula is C11H12BrN3S. The molecule has 3 nitrogen and oxygen atoms in total. The Kier molecular flexibility index (Phi) is 3.58. The number of rotatable bonds is 3. The number of anilines is 1. The molecule has 2 aromatic rings. The number of nitrogens with two attached hydrogens (primary N) is 2. The summed E-state index contributed by atoms with van der Waals surface area (Å²) in [5, 5.41) is 2.03. The van der Waals surface area contributed by atoms with Crippen molar-refractivity contribution in [2.24, 2.45) is 5.73 Å². The molecular weight excluding hydrogens is 286 g/mol. The van der Waals surface area contributed by atoms with Crippen molar-refractivity contribution in [3.63, 3.8) is 0 Å². The van der Waals surface area contributed by atoms with Crippen molar-refractivity contribution in [1.29, 1.82) is 0 Å². The fourth-order valence-corrected chi connectivity index (χ4v) is 2.93. The molecule has 2 aromatic heterocycles. The standard InChI is InChI=1S/C11H12BrN3S/c12-8-5-10(16-6-8)9(13)4-7-2-1-3-15-11(7)14/h1-3,5-6,9H,4,13H2,(H2,14,15). The highest BCUT2D eigenvalue weighted by Gasteiger charge is 2.11. The highest BCUT2D eigenvalue weighted by Crippen LogP contribution is 2.27.